The van der Waals surface area contributed by atoms with E-state index < -0.39 is 17.6 Å². The van der Waals surface area contributed by atoms with Crippen molar-refractivity contribution in [3.8, 4) is 0 Å². The molecule has 1 aromatic heterocycles. The van der Waals surface area contributed by atoms with Crippen LogP contribution in [0.4, 0.5) is 16.1 Å². The number of carbonyl (C=O) groups is 2. The molecular weight excluding hydrogens is 313 g/mol. The fraction of sp³-hybridized carbons (Fsp3) is 0. The van der Waals surface area contributed by atoms with Gasteiger partial charge < -0.3 is 9.73 Å². The van der Waals surface area contributed by atoms with Crippen molar-refractivity contribution in [2.45, 2.75) is 0 Å². The van der Waals surface area contributed by atoms with E-state index in [0.29, 0.717) is 11.3 Å². The monoisotopic (exact) mass is 325 g/mol. The number of nitrogens with one attached hydrogen (secondary N) is 2. The topological polar surface area (TPSA) is 84.2 Å². The molecule has 3 aromatic rings. The van der Waals surface area contributed by atoms with Gasteiger partial charge in [-0.1, -0.05) is 18.2 Å². The first-order valence-corrected chi connectivity index (χ1v) is 7.00. The van der Waals surface area contributed by atoms with E-state index in [4.69, 9.17) is 4.42 Å². The number of hydrogen-bond acceptors (Lipinski definition) is 4. The zero-order chi connectivity index (χ0) is 16.9. The molecule has 2 amide bonds. The maximum absolute atomic E-state index is 12.8. The van der Waals surface area contributed by atoms with Crippen LogP contribution in [0.15, 0.2) is 65.3 Å². The van der Waals surface area contributed by atoms with Crippen molar-refractivity contribution in [3.05, 3.63) is 77.9 Å². The minimum atomic E-state index is -0.537. The number of halogens is 1. The van der Waals surface area contributed by atoms with Crippen LogP contribution in [0.1, 0.15) is 20.8 Å². The van der Waals surface area contributed by atoms with Gasteiger partial charge in [0.2, 0.25) is 0 Å². The molecule has 2 N–H and O–H groups in total. The number of oxazole rings is 1. The van der Waals surface area contributed by atoms with Crippen LogP contribution in [0.2, 0.25) is 0 Å². The molecule has 120 valence electrons. The van der Waals surface area contributed by atoms with Crippen LogP contribution in [0, 0.1) is 5.82 Å². The number of anilines is 2. The first-order valence-electron chi connectivity index (χ1n) is 7.00. The van der Waals surface area contributed by atoms with Gasteiger partial charge in [-0.3, -0.25) is 14.9 Å². The van der Waals surface area contributed by atoms with Crippen LogP contribution >= 0.6 is 0 Å². The van der Waals surface area contributed by atoms with Gasteiger partial charge in [0.05, 0.1) is 0 Å². The highest BCUT2D eigenvalue weighted by atomic mass is 19.1. The third kappa shape index (κ3) is 3.64. The summed E-state index contributed by atoms with van der Waals surface area (Å²) in [6.07, 6.45) is 1.12. The van der Waals surface area contributed by atoms with Gasteiger partial charge in [-0.2, -0.15) is 4.98 Å². The standard InChI is InChI=1S/C17H12FN3O3/c18-12-6-8-13(9-7-12)19-16(23)14-10-24-17(20-14)21-15(22)11-4-2-1-3-5-11/h1-10H,(H,19,23)(H,20,21,22). The minimum absolute atomic E-state index is 0.0114. The summed E-state index contributed by atoms with van der Waals surface area (Å²) >= 11 is 0. The van der Waals surface area contributed by atoms with Crippen molar-refractivity contribution < 1.29 is 18.4 Å². The van der Waals surface area contributed by atoms with Gasteiger partial charge in [-0.05, 0) is 36.4 Å². The SMILES string of the molecule is O=C(Nc1nc(C(=O)Nc2ccc(F)cc2)co1)c1ccccc1. The molecule has 24 heavy (non-hydrogen) atoms. The number of rotatable bonds is 4. The van der Waals surface area contributed by atoms with Crippen molar-refractivity contribution in [2.24, 2.45) is 0 Å². The van der Waals surface area contributed by atoms with Gasteiger partial charge in [0.1, 0.15) is 12.1 Å². The Bertz CT molecular complexity index is 860. The molecule has 0 aliphatic carbocycles. The summed E-state index contributed by atoms with van der Waals surface area (Å²) in [5.41, 5.74) is 0.843. The number of amides is 2. The third-order valence-electron chi connectivity index (χ3n) is 3.10. The second-order valence-corrected chi connectivity index (χ2v) is 4.82. The number of aromatic nitrogens is 1. The predicted molar refractivity (Wildman–Crippen MR) is 85.3 cm³/mol. The molecule has 2 aromatic carbocycles. The van der Waals surface area contributed by atoms with Gasteiger partial charge >= 0.3 is 6.01 Å². The Kier molecular flexibility index (Phi) is 4.33. The summed E-state index contributed by atoms with van der Waals surface area (Å²) < 4.78 is 17.9. The largest absolute Gasteiger partial charge is 0.431 e. The predicted octanol–water partition coefficient (Wildman–Crippen LogP) is 3.32. The van der Waals surface area contributed by atoms with E-state index >= 15 is 0 Å². The molecule has 7 heteroatoms. The number of carbonyl (C=O) groups excluding carboxylic acids is 2. The molecule has 0 aliphatic heterocycles. The Morgan fingerprint density at radius 3 is 2.33 bits per heavy atom. The van der Waals surface area contributed by atoms with Crippen molar-refractivity contribution in [2.75, 3.05) is 10.6 Å². The number of hydrogen-bond donors (Lipinski definition) is 2. The van der Waals surface area contributed by atoms with Gasteiger partial charge in [0, 0.05) is 11.3 Å². The smallest absolute Gasteiger partial charge is 0.302 e. The molecule has 0 saturated carbocycles. The van der Waals surface area contributed by atoms with Gasteiger partial charge in [0.25, 0.3) is 11.8 Å². The van der Waals surface area contributed by atoms with Crippen LogP contribution in [0.3, 0.4) is 0 Å². The Morgan fingerprint density at radius 2 is 1.62 bits per heavy atom. The van der Waals surface area contributed by atoms with E-state index in [1.165, 1.54) is 24.3 Å². The zero-order valence-electron chi connectivity index (χ0n) is 12.3. The van der Waals surface area contributed by atoms with E-state index in [1.807, 2.05) is 0 Å². The second kappa shape index (κ2) is 6.74. The molecule has 6 nitrogen and oxygen atoms in total. The lowest BCUT2D eigenvalue weighted by Gasteiger charge is -2.02. The molecule has 0 unspecified atom stereocenters. The second-order valence-electron chi connectivity index (χ2n) is 4.82. The van der Waals surface area contributed by atoms with Crippen molar-refractivity contribution in [1.82, 2.24) is 4.98 Å². The van der Waals surface area contributed by atoms with Crippen molar-refractivity contribution in [3.63, 3.8) is 0 Å². The van der Waals surface area contributed by atoms with Crippen molar-refractivity contribution in [1.29, 1.82) is 0 Å². The summed E-state index contributed by atoms with van der Waals surface area (Å²) in [7, 11) is 0. The summed E-state index contributed by atoms with van der Waals surface area (Å²) in [4.78, 5) is 27.9. The molecule has 0 fully saturated rings. The summed E-state index contributed by atoms with van der Waals surface area (Å²) in [5.74, 6) is -1.34. The molecule has 0 spiro atoms. The van der Waals surface area contributed by atoms with E-state index in [2.05, 4.69) is 15.6 Å². The Balaban J connectivity index is 1.65. The average Bonchev–Trinajstić information content (AvgIpc) is 3.06. The summed E-state index contributed by atoms with van der Waals surface area (Å²) in [6, 6.07) is 13.7. The highest BCUT2D eigenvalue weighted by Crippen LogP contribution is 2.13. The first kappa shape index (κ1) is 15.4. The highest BCUT2D eigenvalue weighted by Gasteiger charge is 2.15. The fourth-order valence-corrected chi connectivity index (χ4v) is 1.92. The lowest BCUT2D eigenvalue weighted by molar-refractivity contribution is 0.101. The molecule has 3 rings (SSSR count). The van der Waals surface area contributed by atoms with Gasteiger partial charge in [-0.25, -0.2) is 4.39 Å². The summed E-state index contributed by atoms with van der Waals surface area (Å²) in [6.45, 7) is 0. The minimum Gasteiger partial charge on any atom is -0.431 e. The average molecular weight is 325 g/mol. The molecule has 0 radical (unpaired) electrons. The Hall–Kier alpha value is -3.48. The molecule has 0 saturated heterocycles. The van der Waals surface area contributed by atoms with E-state index in [9.17, 15) is 14.0 Å². The van der Waals surface area contributed by atoms with E-state index in [0.717, 1.165) is 6.26 Å². The van der Waals surface area contributed by atoms with Crippen LogP contribution in [0.25, 0.3) is 0 Å². The molecule has 0 atom stereocenters. The molecule has 1 heterocycles. The quantitative estimate of drug-likeness (QED) is 0.770. The van der Waals surface area contributed by atoms with E-state index in [1.54, 1.807) is 30.3 Å². The maximum Gasteiger partial charge on any atom is 0.302 e. The molecular formula is C17H12FN3O3. The third-order valence-corrected chi connectivity index (χ3v) is 3.10. The van der Waals surface area contributed by atoms with Crippen LogP contribution in [-0.4, -0.2) is 16.8 Å². The Morgan fingerprint density at radius 1 is 0.917 bits per heavy atom. The zero-order valence-corrected chi connectivity index (χ0v) is 12.3. The van der Waals surface area contributed by atoms with Gasteiger partial charge in [0.15, 0.2) is 5.69 Å². The molecule has 0 bridgehead atoms. The van der Waals surface area contributed by atoms with E-state index in [-0.39, 0.29) is 11.7 Å². The van der Waals surface area contributed by atoms with Gasteiger partial charge in [-0.15, -0.1) is 0 Å². The lowest BCUT2D eigenvalue weighted by atomic mass is 10.2. The fourth-order valence-electron chi connectivity index (χ4n) is 1.92. The van der Waals surface area contributed by atoms with Crippen LogP contribution in [-0.2, 0) is 0 Å². The van der Waals surface area contributed by atoms with Crippen LogP contribution in [0.5, 0.6) is 0 Å². The normalized spacial score (nSPS) is 10.2. The highest BCUT2D eigenvalue weighted by molar-refractivity contribution is 6.05. The number of nitrogens with zero attached hydrogens (tertiary/aromatic N) is 1. The number of benzene rings is 2. The molecule has 0 aliphatic rings. The maximum atomic E-state index is 12.8. The van der Waals surface area contributed by atoms with Crippen molar-refractivity contribution >= 4 is 23.5 Å². The lowest BCUT2D eigenvalue weighted by Crippen LogP contribution is -2.14. The summed E-state index contributed by atoms with van der Waals surface area (Å²) in [5, 5.41) is 5.00. The Labute approximate surface area is 136 Å². The van der Waals surface area contributed by atoms with Crippen LogP contribution < -0.4 is 10.6 Å². The first-order chi connectivity index (χ1) is 11.6.